The molecule has 1 saturated heterocycles. The highest BCUT2D eigenvalue weighted by Crippen LogP contribution is 2.44. The van der Waals surface area contributed by atoms with Gasteiger partial charge in [-0.1, -0.05) is 38.1 Å². The minimum atomic E-state index is -0.966. The van der Waals surface area contributed by atoms with Crippen molar-refractivity contribution in [1.82, 2.24) is 4.98 Å². The summed E-state index contributed by atoms with van der Waals surface area (Å²) in [5.74, 6) is 0.243. The van der Waals surface area contributed by atoms with Gasteiger partial charge in [-0.25, -0.2) is 9.18 Å². The second kappa shape index (κ2) is 14.3. The van der Waals surface area contributed by atoms with Crippen molar-refractivity contribution in [2.24, 2.45) is 5.41 Å². The number of ether oxygens (including phenoxy) is 3. The molecule has 0 radical (unpaired) electrons. The fourth-order valence-corrected chi connectivity index (χ4v) is 5.57. The van der Waals surface area contributed by atoms with E-state index in [0.717, 1.165) is 59.8 Å². The maximum Gasteiger partial charge on any atom is 0.340 e. The van der Waals surface area contributed by atoms with E-state index in [0.29, 0.717) is 18.6 Å². The SMILES string of the molecule is CC(C)OC(=O)[C@@H](OC(C)(C)C)c1cnc(CCl)c(-c2ccc(OCCc3ccc(F)cc3)cc2)c1N1CCC(C)(C)CC1. The third-order valence-corrected chi connectivity index (χ3v) is 8.01. The zero-order valence-electron chi connectivity index (χ0n) is 27.1. The van der Waals surface area contributed by atoms with Crippen molar-refractivity contribution >= 4 is 23.3 Å². The van der Waals surface area contributed by atoms with Gasteiger partial charge in [0.2, 0.25) is 0 Å². The molecule has 0 spiro atoms. The highest BCUT2D eigenvalue weighted by Gasteiger charge is 2.36. The zero-order valence-corrected chi connectivity index (χ0v) is 27.8. The highest BCUT2D eigenvalue weighted by molar-refractivity contribution is 6.17. The smallest absolute Gasteiger partial charge is 0.340 e. The molecular formula is C36H46ClFN2O4. The predicted octanol–water partition coefficient (Wildman–Crippen LogP) is 8.68. The van der Waals surface area contributed by atoms with Gasteiger partial charge in [0.05, 0.1) is 35.6 Å². The molecule has 1 aromatic heterocycles. The lowest BCUT2D eigenvalue weighted by molar-refractivity contribution is -0.171. The number of aromatic nitrogens is 1. The molecule has 4 rings (SSSR count). The summed E-state index contributed by atoms with van der Waals surface area (Å²) in [5.41, 5.74) is 4.74. The van der Waals surface area contributed by atoms with Crippen molar-refractivity contribution in [2.45, 2.75) is 91.4 Å². The zero-order chi connectivity index (χ0) is 32.1. The van der Waals surface area contributed by atoms with E-state index in [1.165, 1.54) is 12.1 Å². The monoisotopic (exact) mass is 624 g/mol. The van der Waals surface area contributed by atoms with Crippen molar-refractivity contribution in [1.29, 1.82) is 0 Å². The Morgan fingerprint density at radius 1 is 1.05 bits per heavy atom. The maximum absolute atomic E-state index is 13.6. The third kappa shape index (κ3) is 8.95. The molecule has 238 valence electrons. The Labute approximate surface area is 266 Å². The Balaban J connectivity index is 1.74. The summed E-state index contributed by atoms with van der Waals surface area (Å²) >= 11 is 6.52. The second-order valence-corrected chi connectivity index (χ2v) is 13.8. The van der Waals surface area contributed by atoms with E-state index < -0.39 is 17.7 Å². The number of halogens is 2. The fraction of sp³-hybridized carbons (Fsp3) is 0.500. The second-order valence-electron chi connectivity index (χ2n) is 13.5. The fourth-order valence-electron chi connectivity index (χ4n) is 5.37. The molecular weight excluding hydrogens is 579 g/mol. The number of pyridine rings is 1. The molecule has 3 aromatic rings. The van der Waals surface area contributed by atoms with Crippen LogP contribution < -0.4 is 9.64 Å². The van der Waals surface area contributed by atoms with Crippen LogP contribution in [0.3, 0.4) is 0 Å². The molecule has 0 bridgehead atoms. The summed E-state index contributed by atoms with van der Waals surface area (Å²) in [5, 5.41) is 0. The number of anilines is 1. The van der Waals surface area contributed by atoms with Crippen LogP contribution in [0, 0.1) is 11.2 Å². The summed E-state index contributed by atoms with van der Waals surface area (Å²) in [4.78, 5) is 20.7. The molecule has 1 aliphatic rings. The highest BCUT2D eigenvalue weighted by atomic mass is 35.5. The molecule has 0 N–H and O–H groups in total. The molecule has 0 amide bonds. The number of rotatable bonds is 11. The lowest BCUT2D eigenvalue weighted by Gasteiger charge is -2.41. The van der Waals surface area contributed by atoms with Crippen LogP contribution in [0.15, 0.2) is 54.7 Å². The number of carbonyl (C=O) groups is 1. The summed E-state index contributed by atoms with van der Waals surface area (Å²) < 4.78 is 31.4. The number of nitrogens with zero attached hydrogens (tertiary/aromatic N) is 2. The first kappa shape index (κ1) is 33.7. The number of piperidine rings is 1. The van der Waals surface area contributed by atoms with E-state index in [4.69, 9.17) is 30.8 Å². The molecule has 6 nitrogen and oxygen atoms in total. The average Bonchev–Trinajstić information content (AvgIpc) is 2.96. The van der Waals surface area contributed by atoms with Crippen LogP contribution in [0.4, 0.5) is 10.1 Å². The summed E-state index contributed by atoms with van der Waals surface area (Å²) in [7, 11) is 0. The Kier molecular flexibility index (Phi) is 11.0. The number of carbonyl (C=O) groups excluding carboxylic acids is 1. The first-order valence-corrected chi connectivity index (χ1v) is 16.0. The lowest BCUT2D eigenvalue weighted by atomic mass is 9.82. The van der Waals surface area contributed by atoms with Gasteiger partial charge < -0.3 is 19.1 Å². The van der Waals surface area contributed by atoms with E-state index in [1.54, 1.807) is 18.3 Å². The van der Waals surface area contributed by atoms with Crippen LogP contribution in [-0.2, 0) is 26.6 Å². The summed E-state index contributed by atoms with van der Waals surface area (Å²) in [6.45, 7) is 16.2. The molecule has 0 unspecified atom stereocenters. The van der Waals surface area contributed by atoms with E-state index in [9.17, 15) is 9.18 Å². The molecule has 0 aliphatic carbocycles. The van der Waals surface area contributed by atoms with Crippen LogP contribution >= 0.6 is 11.6 Å². The molecule has 44 heavy (non-hydrogen) atoms. The van der Waals surface area contributed by atoms with Crippen LogP contribution in [0.25, 0.3) is 11.1 Å². The van der Waals surface area contributed by atoms with Crippen LogP contribution in [0.2, 0.25) is 0 Å². The summed E-state index contributed by atoms with van der Waals surface area (Å²) in [6.07, 6.45) is 3.16. The lowest BCUT2D eigenvalue weighted by Crippen LogP contribution is -2.39. The number of hydrogen-bond donors (Lipinski definition) is 0. The van der Waals surface area contributed by atoms with Crippen LogP contribution in [0.1, 0.15) is 84.2 Å². The molecule has 2 heterocycles. The molecule has 1 fully saturated rings. The van der Waals surface area contributed by atoms with Crippen molar-refractivity contribution in [3.05, 3.63) is 77.4 Å². The Hall–Kier alpha value is -3.16. The standard InChI is InChI=1S/C36H46ClFN2O4/c1-24(2)43-34(41)33(44-35(3,4)5)29-23-39-30(22-37)31(32(29)40-19-17-36(6,7)18-20-40)26-10-14-28(15-11-26)42-21-16-25-8-12-27(38)13-9-25/h8-15,23-24,33H,16-22H2,1-7H3/t33-/m0/s1. The van der Waals surface area contributed by atoms with Gasteiger partial charge in [-0.3, -0.25) is 4.98 Å². The maximum atomic E-state index is 13.6. The summed E-state index contributed by atoms with van der Waals surface area (Å²) in [6, 6.07) is 14.3. The Morgan fingerprint density at radius 2 is 1.68 bits per heavy atom. The molecule has 2 aromatic carbocycles. The van der Waals surface area contributed by atoms with Gasteiger partial charge in [0.1, 0.15) is 11.6 Å². The minimum Gasteiger partial charge on any atom is -0.493 e. The van der Waals surface area contributed by atoms with Gasteiger partial charge in [-0.2, -0.15) is 0 Å². The van der Waals surface area contributed by atoms with Gasteiger partial charge in [0, 0.05) is 36.8 Å². The van der Waals surface area contributed by atoms with Crippen molar-refractivity contribution in [2.75, 3.05) is 24.6 Å². The first-order valence-electron chi connectivity index (χ1n) is 15.4. The first-order chi connectivity index (χ1) is 20.8. The predicted molar refractivity (Wildman–Crippen MR) is 175 cm³/mol. The normalized spacial score (nSPS) is 15.7. The topological polar surface area (TPSA) is 60.9 Å². The molecule has 1 aliphatic heterocycles. The van der Waals surface area contributed by atoms with E-state index in [1.807, 2.05) is 58.9 Å². The van der Waals surface area contributed by atoms with Gasteiger partial charge in [-0.15, -0.1) is 11.6 Å². The molecule has 1 atom stereocenters. The van der Waals surface area contributed by atoms with Gasteiger partial charge in [0.15, 0.2) is 6.10 Å². The average molecular weight is 625 g/mol. The number of benzene rings is 2. The number of alkyl halides is 1. The number of hydrogen-bond acceptors (Lipinski definition) is 6. The van der Waals surface area contributed by atoms with Crippen molar-refractivity contribution in [3.8, 4) is 16.9 Å². The van der Waals surface area contributed by atoms with Gasteiger partial charge in [-0.05, 0) is 88.3 Å². The molecule has 0 saturated carbocycles. The van der Waals surface area contributed by atoms with E-state index >= 15 is 0 Å². The Bertz CT molecular complexity index is 1390. The van der Waals surface area contributed by atoms with Crippen LogP contribution in [-0.4, -0.2) is 42.4 Å². The largest absolute Gasteiger partial charge is 0.493 e. The van der Waals surface area contributed by atoms with E-state index in [2.05, 4.69) is 18.7 Å². The third-order valence-electron chi connectivity index (χ3n) is 7.75. The minimum absolute atomic E-state index is 0.207. The van der Waals surface area contributed by atoms with E-state index in [-0.39, 0.29) is 23.2 Å². The van der Waals surface area contributed by atoms with Gasteiger partial charge in [0.25, 0.3) is 0 Å². The molecule has 8 heteroatoms. The quantitative estimate of drug-likeness (QED) is 0.157. The van der Waals surface area contributed by atoms with Crippen LogP contribution in [0.5, 0.6) is 5.75 Å². The van der Waals surface area contributed by atoms with Gasteiger partial charge >= 0.3 is 5.97 Å². The van der Waals surface area contributed by atoms with Crippen molar-refractivity contribution < 1.29 is 23.4 Å². The van der Waals surface area contributed by atoms with Crippen molar-refractivity contribution in [3.63, 3.8) is 0 Å². The number of esters is 1. The Morgan fingerprint density at radius 3 is 2.25 bits per heavy atom.